The summed E-state index contributed by atoms with van der Waals surface area (Å²) in [6.07, 6.45) is 1.06. The average molecular weight is 167 g/mol. The molecule has 1 rings (SSSR count). The molecule has 0 bridgehead atoms. The molecule has 0 aliphatic heterocycles. The van der Waals surface area contributed by atoms with Crippen LogP contribution >= 0.6 is 0 Å². The van der Waals surface area contributed by atoms with E-state index in [0.29, 0.717) is 5.75 Å². The summed E-state index contributed by atoms with van der Waals surface area (Å²) in [5.41, 5.74) is 0. The number of phenols is 1. The summed E-state index contributed by atoms with van der Waals surface area (Å²) in [6, 6.07) is 5.99. The highest BCUT2D eigenvalue weighted by Gasteiger charge is 1.97. The zero-order valence-electron chi connectivity index (χ0n) is 6.36. The van der Waals surface area contributed by atoms with E-state index in [1.165, 1.54) is 12.1 Å². The minimum atomic E-state index is -0.541. The van der Waals surface area contributed by atoms with Crippen LogP contribution in [0.1, 0.15) is 0 Å². The molecule has 0 aliphatic rings. The highest BCUT2D eigenvalue weighted by Crippen LogP contribution is 2.15. The third-order valence-corrected chi connectivity index (χ3v) is 1.20. The van der Waals surface area contributed by atoms with Crippen molar-refractivity contribution < 1.29 is 15.2 Å². The molecule has 1 unspecified atom stereocenters. The van der Waals surface area contributed by atoms with E-state index in [4.69, 9.17) is 9.94 Å². The normalized spacial score (nSPS) is 12.1. The van der Waals surface area contributed by atoms with Gasteiger partial charge in [0.25, 0.3) is 0 Å². The Kier molecular flexibility index (Phi) is 2.68. The van der Waals surface area contributed by atoms with Crippen LogP contribution < -0.4 is 10.1 Å². The minimum Gasteiger partial charge on any atom is -0.586 e. The van der Waals surface area contributed by atoms with Crippen LogP contribution in [0.15, 0.2) is 37.0 Å². The van der Waals surface area contributed by atoms with Crippen LogP contribution in [0.5, 0.6) is 11.5 Å². The van der Waals surface area contributed by atoms with Gasteiger partial charge in [0.2, 0.25) is 0 Å². The van der Waals surface area contributed by atoms with Crippen molar-refractivity contribution in [2.24, 2.45) is 0 Å². The molecule has 0 spiro atoms. The van der Waals surface area contributed by atoms with Crippen molar-refractivity contribution >= 4 is 0 Å². The highest BCUT2D eigenvalue weighted by atomic mass is 16.9. The second-order valence-electron chi connectivity index (χ2n) is 2.12. The number of aromatic hydroxyl groups is 1. The van der Waals surface area contributed by atoms with Crippen molar-refractivity contribution in [3.63, 3.8) is 0 Å². The van der Waals surface area contributed by atoms with E-state index in [2.05, 4.69) is 6.58 Å². The number of phenolic OH excluding ortho intramolecular Hbond substituents is 1. The Hall–Kier alpha value is -1.52. The largest absolute Gasteiger partial charge is 0.586 e. The van der Waals surface area contributed by atoms with Crippen LogP contribution in [-0.2, 0) is 0 Å². The van der Waals surface area contributed by atoms with Gasteiger partial charge in [0.1, 0.15) is 11.9 Å². The molecule has 2 N–H and O–H groups in total. The van der Waals surface area contributed by atoms with Gasteiger partial charge in [-0.3, -0.25) is 0 Å². The lowest BCUT2D eigenvalue weighted by molar-refractivity contribution is -0.975. The topological polar surface area (TPSA) is 57.0 Å². The summed E-state index contributed by atoms with van der Waals surface area (Å²) < 4.78 is 0. The maximum absolute atomic E-state index is 10.7. The van der Waals surface area contributed by atoms with Gasteiger partial charge in [-0.15, -0.1) is 0 Å². The molecular formula is C8H9NO3. The number of quaternary nitrogens is 1. The summed E-state index contributed by atoms with van der Waals surface area (Å²) in [7, 11) is 0. The Morgan fingerprint density at radius 3 is 2.92 bits per heavy atom. The smallest absolute Gasteiger partial charge is 0.194 e. The van der Waals surface area contributed by atoms with Gasteiger partial charge in [0.05, 0.1) is 0 Å². The van der Waals surface area contributed by atoms with Gasteiger partial charge in [0, 0.05) is 6.07 Å². The Bertz CT molecular complexity index is 275. The Balaban J connectivity index is 2.69. The lowest BCUT2D eigenvalue weighted by atomic mass is 10.3. The fourth-order valence-corrected chi connectivity index (χ4v) is 0.705. The van der Waals surface area contributed by atoms with Crippen LogP contribution in [0, 0.1) is 5.21 Å². The third kappa shape index (κ3) is 2.26. The molecule has 0 aliphatic carbocycles. The van der Waals surface area contributed by atoms with Crippen LogP contribution in [0.3, 0.4) is 0 Å². The molecule has 0 saturated heterocycles. The first-order chi connectivity index (χ1) is 5.72. The molecule has 64 valence electrons. The van der Waals surface area contributed by atoms with Crippen molar-refractivity contribution in [1.82, 2.24) is 0 Å². The molecule has 0 aromatic heterocycles. The molecule has 4 nitrogen and oxygen atoms in total. The van der Waals surface area contributed by atoms with Crippen molar-refractivity contribution in [2.45, 2.75) is 0 Å². The van der Waals surface area contributed by atoms with Crippen LogP contribution in [-0.4, -0.2) is 5.11 Å². The number of hydrogen-bond acceptors (Lipinski definition) is 3. The molecule has 4 heteroatoms. The van der Waals surface area contributed by atoms with Crippen molar-refractivity contribution in [2.75, 3.05) is 0 Å². The summed E-state index contributed by atoms with van der Waals surface area (Å²) in [6.45, 7) is 3.24. The number of rotatable bonds is 3. The van der Waals surface area contributed by atoms with E-state index in [9.17, 15) is 5.21 Å². The van der Waals surface area contributed by atoms with Gasteiger partial charge < -0.3 is 15.2 Å². The van der Waals surface area contributed by atoms with Crippen LogP contribution in [0.25, 0.3) is 0 Å². The van der Waals surface area contributed by atoms with Gasteiger partial charge in [0.15, 0.2) is 5.75 Å². The van der Waals surface area contributed by atoms with E-state index in [-0.39, 0.29) is 5.75 Å². The van der Waals surface area contributed by atoms with E-state index >= 15 is 0 Å². The zero-order chi connectivity index (χ0) is 8.97. The molecule has 0 heterocycles. The first-order valence-corrected chi connectivity index (χ1v) is 3.35. The Labute approximate surface area is 69.8 Å². The summed E-state index contributed by atoms with van der Waals surface area (Å²) in [4.78, 5) is 4.73. The fraction of sp³-hybridized carbons (Fsp3) is 0. The van der Waals surface area contributed by atoms with Gasteiger partial charge in [-0.25, -0.2) is 0 Å². The monoisotopic (exact) mass is 167 g/mol. The predicted octanol–water partition coefficient (Wildman–Crippen LogP) is 0.212. The van der Waals surface area contributed by atoms with Crippen LogP contribution in [0.2, 0.25) is 0 Å². The lowest BCUT2D eigenvalue weighted by Crippen LogP contribution is -3.04. The van der Waals surface area contributed by atoms with Crippen molar-refractivity contribution in [1.29, 1.82) is 0 Å². The average Bonchev–Trinajstić information content (AvgIpc) is 2.04. The first kappa shape index (κ1) is 8.58. The second kappa shape index (κ2) is 3.75. The number of hydroxylamine groups is 2. The first-order valence-electron chi connectivity index (χ1n) is 3.35. The standard InChI is InChI=1S/C8H9NO3/c1-2-9(11)12-8-5-3-4-7(10)6-8/h2-6,9-10H,1H2. The Morgan fingerprint density at radius 2 is 2.33 bits per heavy atom. The maximum atomic E-state index is 10.7. The lowest BCUT2D eigenvalue weighted by Gasteiger charge is -2.14. The fourth-order valence-electron chi connectivity index (χ4n) is 0.705. The quantitative estimate of drug-likeness (QED) is 0.633. The summed E-state index contributed by atoms with van der Waals surface area (Å²) in [5, 5.41) is 19.1. The minimum absolute atomic E-state index is 0.0596. The zero-order valence-corrected chi connectivity index (χ0v) is 6.36. The Morgan fingerprint density at radius 1 is 1.58 bits per heavy atom. The van der Waals surface area contributed by atoms with E-state index in [1.807, 2.05) is 0 Å². The molecule has 0 saturated carbocycles. The molecule has 0 amide bonds. The van der Waals surface area contributed by atoms with Gasteiger partial charge in [-0.05, 0) is 18.7 Å². The third-order valence-electron chi connectivity index (χ3n) is 1.20. The van der Waals surface area contributed by atoms with Crippen molar-refractivity contribution in [3.05, 3.63) is 42.3 Å². The van der Waals surface area contributed by atoms with E-state index < -0.39 is 5.23 Å². The number of benzene rings is 1. The van der Waals surface area contributed by atoms with E-state index in [1.54, 1.807) is 12.1 Å². The molecular weight excluding hydrogens is 158 g/mol. The van der Waals surface area contributed by atoms with Gasteiger partial charge in [-0.1, -0.05) is 6.07 Å². The molecule has 1 atom stereocenters. The van der Waals surface area contributed by atoms with Crippen LogP contribution in [0.4, 0.5) is 0 Å². The SMILES string of the molecule is C=C[NH+]([O-])Oc1cccc(O)c1. The van der Waals surface area contributed by atoms with Crippen molar-refractivity contribution in [3.8, 4) is 11.5 Å². The number of hydrogen-bond donors (Lipinski definition) is 2. The summed E-state index contributed by atoms with van der Waals surface area (Å²) in [5.74, 6) is 0.365. The number of nitrogens with one attached hydrogen (secondary N) is 1. The highest BCUT2D eigenvalue weighted by molar-refractivity contribution is 5.31. The second-order valence-corrected chi connectivity index (χ2v) is 2.12. The summed E-state index contributed by atoms with van der Waals surface area (Å²) >= 11 is 0. The molecule has 12 heavy (non-hydrogen) atoms. The van der Waals surface area contributed by atoms with Gasteiger partial charge >= 0.3 is 0 Å². The molecule has 1 aromatic carbocycles. The predicted molar refractivity (Wildman–Crippen MR) is 43.3 cm³/mol. The molecule has 0 radical (unpaired) electrons. The maximum Gasteiger partial charge on any atom is 0.194 e. The molecule has 1 aromatic rings. The van der Waals surface area contributed by atoms with E-state index in [0.717, 1.165) is 6.20 Å². The van der Waals surface area contributed by atoms with Gasteiger partial charge in [-0.2, -0.15) is 5.23 Å². The molecule has 0 fully saturated rings.